The summed E-state index contributed by atoms with van der Waals surface area (Å²) in [4.78, 5) is 23.2. The Balaban J connectivity index is 1.50. The van der Waals surface area contributed by atoms with Crippen LogP contribution >= 0.6 is 11.6 Å². The second-order valence-electron chi connectivity index (χ2n) is 8.31. The molecule has 3 N–H and O–H groups in total. The van der Waals surface area contributed by atoms with Crippen LogP contribution in [0.5, 0.6) is 5.88 Å². The molecule has 1 saturated heterocycles. The van der Waals surface area contributed by atoms with Gasteiger partial charge in [0.1, 0.15) is 18.2 Å². The Morgan fingerprint density at radius 3 is 2.47 bits per heavy atom. The van der Waals surface area contributed by atoms with Crippen molar-refractivity contribution in [3.8, 4) is 17.1 Å². The lowest BCUT2D eigenvalue weighted by atomic mass is 10.1. The monoisotopic (exact) mass is 487 g/mol. The minimum absolute atomic E-state index is 0.00886. The second-order valence-corrected chi connectivity index (χ2v) is 8.69. The molecule has 2 heterocycles. The first-order valence-electron chi connectivity index (χ1n) is 10.8. The van der Waals surface area contributed by atoms with Gasteiger partial charge in [0, 0.05) is 41.9 Å². The lowest BCUT2D eigenvalue weighted by Crippen LogP contribution is -2.55. The zero-order chi connectivity index (χ0) is 24.4. The highest BCUT2D eigenvalue weighted by Crippen LogP contribution is 2.27. The van der Waals surface area contributed by atoms with Gasteiger partial charge in [-0.15, -0.1) is 0 Å². The fourth-order valence-electron chi connectivity index (χ4n) is 3.93. The quantitative estimate of drug-likeness (QED) is 0.527. The number of halogens is 3. The van der Waals surface area contributed by atoms with E-state index in [0.717, 1.165) is 12.1 Å². The molecule has 10 heteroatoms. The molecule has 7 nitrogen and oxygen atoms in total. The highest BCUT2D eigenvalue weighted by molar-refractivity contribution is 6.31. The molecule has 178 valence electrons. The Morgan fingerprint density at radius 2 is 1.79 bits per heavy atom. The topological polar surface area (TPSA) is 93.4 Å². The number of nitrogen functional groups attached to an aromatic ring is 1. The van der Waals surface area contributed by atoms with E-state index < -0.39 is 11.6 Å². The molecule has 3 aromatic rings. The van der Waals surface area contributed by atoms with Gasteiger partial charge in [-0.05, 0) is 38.1 Å². The summed E-state index contributed by atoms with van der Waals surface area (Å²) >= 11 is 5.85. The average molecular weight is 488 g/mol. The third-order valence-corrected chi connectivity index (χ3v) is 5.94. The highest BCUT2D eigenvalue weighted by atomic mass is 35.5. The maximum atomic E-state index is 14.0. The number of nitrogens with zero attached hydrogens (tertiary/aromatic N) is 3. The van der Waals surface area contributed by atoms with Gasteiger partial charge < -0.3 is 20.7 Å². The summed E-state index contributed by atoms with van der Waals surface area (Å²) in [5.41, 5.74) is 7.41. The molecule has 0 aliphatic carbocycles. The van der Waals surface area contributed by atoms with Crippen molar-refractivity contribution in [2.75, 3.05) is 18.8 Å². The first-order valence-corrected chi connectivity index (χ1v) is 11.1. The molecule has 0 spiro atoms. The molecular formula is C24H24ClF2N5O2. The Morgan fingerprint density at radius 1 is 1.15 bits per heavy atom. The fraction of sp³-hybridized carbons (Fsp3) is 0.292. The molecule has 0 bridgehead atoms. The third kappa shape index (κ3) is 5.10. The summed E-state index contributed by atoms with van der Waals surface area (Å²) in [6, 6.07) is 9.34. The van der Waals surface area contributed by atoms with Gasteiger partial charge in [-0.3, -0.25) is 4.79 Å². The number of hydrogen-bond donors (Lipinski definition) is 2. The summed E-state index contributed by atoms with van der Waals surface area (Å²) < 4.78 is 33.2. The third-order valence-electron chi connectivity index (χ3n) is 5.53. The van der Waals surface area contributed by atoms with Crippen molar-refractivity contribution in [2.24, 2.45) is 0 Å². The van der Waals surface area contributed by atoms with Crippen LogP contribution in [-0.2, 0) is 6.61 Å². The standard InChI is InChI=1S/C24H24ClF2N5O2/c1-13-10-32(11-14(2)30-13)24(33)16-5-3-15(4-6-16)20-9-29-22(28)23(31-20)34-12-17-18(26)7-8-19(27)21(17)25/h3-9,13-14,30H,10-12H2,1-2H3,(H2,28,29). The number of ether oxygens (including phenoxy) is 1. The van der Waals surface area contributed by atoms with Gasteiger partial charge in [-0.1, -0.05) is 23.7 Å². The molecule has 1 aliphatic heterocycles. The minimum Gasteiger partial charge on any atom is -0.470 e. The van der Waals surface area contributed by atoms with E-state index in [1.54, 1.807) is 24.3 Å². The lowest BCUT2D eigenvalue weighted by molar-refractivity contribution is 0.0674. The summed E-state index contributed by atoms with van der Waals surface area (Å²) in [5, 5.41) is 3.04. The zero-order valence-corrected chi connectivity index (χ0v) is 19.4. The van der Waals surface area contributed by atoms with Crippen molar-refractivity contribution < 1.29 is 18.3 Å². The number of amides is 1. The van der Waals surface area contributed by atoms with Gasteiger partial charge >= 0.3 is 0 Å². The van der Waals surface area contributed by atoms with E-state index in [1.807, 2.05) is 4.90 Å². The predicted molar refractivity (Wildman–Crippen MR) is 126 cm³/mol. The molecule has 2 atom stereocenters. The summed E-state index contributed by atoms with van der Waals surface area (Å²) in [6.07, 6.45) is 1.47. The van der Waals surface area contributed by atoms with E-state index >= 15 is 0 Å². The molecule has 4 rings (SSSR count). The number of anilines is 1. The number of carbonyl (C=O) groups is 1. The van der Waals surface area contributed by atoms with E-state index in [2.05, 4.69) is 29.1 Å². The van der Waals surface area contributed by atoms with Gasteiger partial charge in [-0.25, -0.2) is 18.7 Å². The molecule has 1 amide bonds. The lowest BCUT2D eigenvalue weighted by Gasteiger charge is -2.36. The molecule has 1 fully saturated rings. The van der Waals surface area contributed by atoms with E-state index in [-0.39, 0.29) is 46.9 Å². The van der Waals surface area contributed by atoms with Gasteiger partial charge in [0.25, 0.3) is 11.8 Å². The van der Waals surface area contributed by atoms with Crippen molar-refractivity contribution >= 4 is 23.3 Å². The van der Waals surface area contributed by atoms with Crippen LogP contribution in [0.4, 0.5) is 14.6 Å². The zero-order valence-electron chi connectivity index (χ0n) is 18.7. The van der Waals surface area contributed by atoms with E-state index in [0.29, 0.717) is 29.9 Å². The SMILES string of the molecule is CC1CN(C(=O)c2ccc(-c3cnc(N)c(OCc4c(F)ccc(F)c4Cl)n3)cc2)CC(C)N1. The molecular weight excluding hydrogens is 464 g/mol. The second kappa shape index (κ2) is 9.90. The predicted octanol–water partition coefficient (Wildman–Crippen LogP) is 4.06. The van der Waals surface area contributed by atoms with Crippen LogP contribution in [0.3, 0.4) is 0 Å². The number of carbonyl (C=O) groups excluding carboxylic acids is 1. The van der Waals surface area contributed by atoms with E-state index in [4.69, 9.17) is 22.1 Å². The molecule has 2 unspecified atom stereocenters. The molecule has 1 aliphatic rings. The van der Waals surface area contributed by atoms with Gasteiger partial charge in [0.15, 0.2) is 5.82 Å². The number of nitrogens with one attached hydrogen (secondary N) is 1. The molecule has 34 heavy (non-hydrogen) atoms. The van der Waals surface area contributed by atoms with Crippen LogP contribution < -0.4 is 15.8 Å². The Labute approximate surface area is 200 Å². The smallest absolute Gasteiger partial charge is 0.258 e. The molecule has 1 aromatic heterocycles. The summed E-state index contributed by atoms with van der Waals surface area (Å²) in [7, 11) is 0. The van der Waals surface area contributed by atoms with Crippen molar-refractivity contribution in [1.29, 1.82) is 0 Å². The van der Waals surface area contributed by atoms with Crippen molar-refractivity contribution in [3.63, 3.8) is 0 Å². The fourth-order valence-corrected chi connectivity index (χ4v) is 4.14. The van der Waals surface area contributed by atoms with Crippen LogP contribution in [0, 0.1) is 11.6 Å². The van der Waals surface area contributed by atoms with Crippen LogP contribution in [0.2, 0.25) is 5.02 Å². The van der Waals surface area contributed by atoms with Crippen molar-refractivity contribution in [3.05, 3.63) is 70.4 Å². The van der Waals surface area contributed by atoms with Crippen LogP contribution in [0.1, 0.15) is 29.8 Å². The molecule has 2 aromatic carbocycles. The largest absolute Gasteiger partial charge is 0.470 e. The maximum Gasteiger partial charge on any atom is 0.258 e. The Hall–Kier alpha value is -3.30. The van der Waals surface area contributed by atoms with Crippen LogP contribution in [0.25, 0.3) is 11.3 Å². The number of rotatable bonds is 5. The molecule has 0 radical (unpaired) electrons. The summed E-state index contributed by atoms with van der Waals surface area (Å²) in [5.74, 6) is -1.55. The van der Waals surface area contributed by atoms with Gasteiger partial charge in [-0.2, -0.15) is 0 Å². The van der Waals surface area contributed by atoms with E-state index in [9.17, 15) is 13.6 Å². The van der Waals surface area contributed by atoms with Gasteiger partial charge in [0.2, 0.25) is 0 Å². The Bertz CT molecular complexity index is 1200. The number of aromatic nitrogens is 2. The summed E-state index contributed by atoms with van der Waals surface area (Å²) in [6.45, 7) is 5.01. The number of nitrogens with two attached hydrogens (primary N) is 1. The highest BCUT2D eigenvalue weighted by Gasteiger charge is 2.25. The van der Waals surface area contributed by atoms with Crippen LogP contribution in [-0.4, -0.2) is 45.9 Å². The van der Waals surface area contributed by atoms with Crippen LogP contribution in [0.15, 0.2) is 42.6 Å². The number of piperazine rings is 1. The molecule has 0 saturated carbocycles. The first kappa shape index (κ1) is 23.8. The maximum absolute atomic E-state index is 14.0. The van der Waals surface area contributed by atoms with Gasteiger partial charge in [0.05, 0.1) is 16.9 Å². The van der Waals surface area contributed by atoms with E-state index in [1.165, 1.54) is 6.20 Å². The normalized spacial score (nSPS) is 18.1. The Kier molecular flexibility index (Phi) is 6.95. The number of hydrogen-bond acceptors (Lipinski definition) is 6. The first-order chi connectivity index (χ1) is 16.2. The van der Waals surface area contributed by atoms with Crippen molar-refractivity contribution in [2.45, 2.75) is 32.5 Å². The minimum atomic E-state index is -0.756. The average Bonchev–Trinajstić information content (AvgIpc) is 2.81. The number of benzene rings is 2. The van der Waals surface area contributed by atoms with Crippen molar-refractivity contribution in [1.82, 2.24) is 20.2 Å².